The van der Waals surface area contributed by atoms with Crippen LogP contribution in [0.25, 0.3) is 10.2 Å². The number of nitrogens with one attached hydrogen (secondary N) is 1. The Morgan fingerprint density at radius 3 is 2.83 bits per heavy atom. The van der Waals surface area contributed by atoms with E-state index in [4.69, 9.17) is 0 Å². The number of hydrogen-bond donors (Lipinski definition) is 1. The van der Waals surface area contributed by atoms with Gasteiger partial charge in [0.15, 0.2) is 5.13 Å². The van der Waals surface area contributed by atoms with Crippen molar-refractivity contribution in [2.24, 2.45) is 11.8 Å². The SMILES string of the molecule is CCCCC1CCC(C(=O)Nc2nc3ccc(C)cc3s2)CC1. The van der Waals surface area contributed by atoms with Crippen LogP contribution in [0.5, 0.6) is 0 Å². The molecular weight excluding hydrogens is 304 g/mol. The van der Waals surface area contributed by atoms with Gasteiger partial charge in [0, 0.05) is 5.92 Å². The smallest absolute Gasteiger partial charge is 0.229 e. The maximum Gasteiger partial charge on any atom is 0.229 e. The second-order valence-electron chi connectivity index (χ2n) is 6.84. The van der Waals surface area contributed by atoms with Gasteiger partial charge in [0.05, 0.1) is 10.2 Å². The number of hydrogen-bond acceptors (Lipinski definition) is 3. The third-order valence-electron chi connectivity index (χ3n) is 4.96. The van der Waals surface area contributed by atoms with Gasteiger partial charge in [-0.05, 0) is 56.2 Å². The largest absolute Gasteiger partial charge is 0.302 e. The van der Waals surface area contributed by atoms with Gasteiger partial charge in [-0.2, -0.15) is 0 Å². The van der Waals surface area contributed by atoms with Crippen molar-refractivity contribution in [3.63, 3.8) is 0 Å². The van der Waals surface area contributed by atoms with Crippen LogP contribution in [-0.2, 0) is 4.79 Å². The fourth-order valence-corrected chi connectivity index (χ4v) is 4.47. The van der Waals surface area contributed by atoms with E-state index in [9.17, 15) is 4.79 Å². The van der Waals surface area contributed by atoms with Crippen molar-refractivity contribution in [3.05, 3.63) is 23.8 Å². The van der Waals surface area contributed by atoms with E-state index in [1.54, 1.807) is 11.3 Å². The summed E-state index contributed by atoms with van der Waals surface area (Å²) in [6.45, 7) is 4.33. The molecule has 4 heteroatoms. The number of nitrogens with zero attached hydrogens (tertiary/aromatic N) is 1. The van der Waals surface area contributed by atoms with Crippen LogP contribution in [0.2, 0.25) is 0 Å². The molecule has 1 heterocycles. The highest BCUT2D eigenvalue weighted by Gasteiger charge is 2.26. The van der Waals surface area contributed by atoms with Crippen LogP contribution in [0, 0.1) is 18.8 Å². The fourth-order valence-electron chi connectivity index (χ4n) is 3.50. The molecule has 0 radical (unpaired) electrons. The maximum absolute atomic E-state index is 12.5. The number of amides is 1. The zero-order valence-electron chi connectivity index (χ0n) is 14.1. The molecule has 3 nitrogen and oxygen atoms in total. The van der Waals surface area contributed by atoms with E-state index in [1.807, 2.05) is 6.07 Å². The molecule has 1 aliphatic rings. The molecule has 2 aromatic rings. The number of unbranched alkanes of at least 4 members (excludes halogenated alkanes) is 1. The van der Waals surface area contributed by atoms with Gasteiger partial charge in [-0.15, -0.1) is 0 Å². The molecule has 1 saturated carbocycles. The van der Waals surface area contributed by atoms with Crippen molar-refractivity contribution in [2.45, 2.75) is 58.8 Å². The standard InChI is InChI=1S/C19H26N2OS/c1-3-4-5-14-7-9-15(10-8-14)18(22)21-19-20-16-11-6-13(2)12-17(16)23-19/h6,11-12,14-15H,3-5,7-10H2,1-2H3,(H,20,21,22). The van der Waals surface area contributed by atoms with E-state index in [2.05, 4.69) is 36.3 Å². The van der Waals surface area contributed by atoms with E-state index in [0.29, 0.717) is 0 Å². The van der Waals surface area contributed by atoms with Crippen molar-refractivity contribution in [1.82, 2.24) is 4.98 Å². The monoisotopic (exact) mass is 330 g/mol. The van der Waals surface area contributed by atoms with Gasteiger partial charge in [-0.1, -0.05) is 43.6 Å². The van der Waals surface area contributed by atoms with Gasteiger partial charge in [0.2, 0.25) is 5.91 Å². The summed E-state index contributed by atoms with van der Waals surface area (Å²) in [6.07, 6.45) is 8.41. The molecule has 0 aliphatic heterocycles. The first-order chi connectivity index (χ1) is 11.2. The molecule has 1 aromatic carbocycles. The molecule has 1 amide bonds. The average Bonchev–Trinajstić information content (AvgIpc) is 2.94. The number of carbonyl (C=O) groups is 1. The zero-order chi connectivity index (χ0) is 16.2. The first-order valence-electron chi connectivity index (χ1n) is 8.83. The van der Waals surface area contributed by atoms with Gasteiger partial charge in [-0.3, -0.25) is 4.79 Å². The highest BCUT2D eigenvalue weighted by molar-refractivity contribution is 7.22. The van der Waals surface area contributed by atoms with E-state index < -0.39 is 0 Å². The summed E-state index contributed by atoms with van der Waals surface area (Å²) in [7, 11) is 0. The number of fused-ring (bicyclic) bond motifs is 1. The molecule has 1 N–H and O–H groups in total. The molecular formula is C19H26N2OS. The van der Waals surface area contributed by atoms with Crippen LogP contribution in [0.3, 0.4) is 0 Å². The molecule has 0 unspecified atom stereocenters. The number of benzene rings is 1. The summed E-state index contributed by atoms with van der Waals surface area (Å²) in [5, 5.41) is 3.79. The number of anilines is 1. The Morgan fingerprint density at radius 1 is 1.30 bits per heavy atom. The lowest BCUT2D eigenvalue weighted by molar-refractivity contribution is -0.121. The van der Waals surface area contributed by atoms with E-state index in [-0.39, 0.29) is 11.8 Å². The number of aryl methyl sites for hydroxylation is 1. The minimum absolute atomic E-state index is 0.162. The van der Waals surface area contributed by atoms with E-state index in [1.165, 1.54) is 37.7 Å². The summed E-state index contributed by atoms with van der Waals surface area (Å²) in [5.74, 6) is 1.17. The highest BCUT2D eigenvalue weighted by atomic mass is 32.1. The Balaban J connectivity index is 1.56. The fraction of sp³-hybridized carbons (Fsp3) is 0.579. The lowest BCUT2D eigenvalue weighted by Crippen LogP contribution is -2.27. The maximum atomic E-state index is 12.5. The Labute approximate surface area is 142 Å². The van der Waals surface area contributed by atoms with Crippen LogP contribution >= 0.6 is 11.3 Å². The van der Waals surface area contributed by atoms with Crippen molar-refractivity contribution in [2.75, 3.05) is 5.32 Å². The molecule has 124 valence electrons. The minimum Gasteiger partial charge on any atom is -0.302 e. The van der Waals surface area contributed by atoms with Crippen LogP contribution < -0.4 is 5.32 Å². The lowest BCUT2D eigenvalue weighted by Gasteiger charge is -2.27. The third-order valence-corrected chi connectivity index (χ3v) is 5.89. The van der Waals surface area contributed by atoms with Crippen LogP contribution in [-0.4, -0.2) is 10.9 Å². The number of aromatic nitrogens is 1. The van der Waals surface area contributed by atoms with Gasteiger partial charge in [-0.25, -0.2) is 4.98 Å². The summed E-state index contributed by atoms with van der Waals surface area (Å²) in [5.41, 5.74) is 2.20. The number of rotatable bonds is 5. The molecule has 23 heavy (non-hydrogen) atoms. The van der Waals surface area contributed by atoms with Crippen LogP contribution in [0.1, 0.15) is 57.4 Å². The molecule has 1 aromatic heterocycles. The molecule has 1 aliphatic carbocycles. The second kappa shape index (κ2) is 7.43. The van der Waals surface area contributed by atoms with Crippen LogP contribution in [0.15, 0.2) is 18.2 Å². The number of carbonyl (C=O) groups excluding carboxylic acids is 1. The van der Waals surface area contributed by atoms with Crippen molar-refractivity contribution < 1.29 is 4.79 Å². The normalized spacial score (nSPS) is 21.5. The van der Waals surface area contributed by atoms with Gasteiger partial charge >= 0.3 is 0 Å². The lowest BCUT2D eigenvalue weighted by atomic mass is 9.79. The predicted octanol–water partition coefficient (Wildman–Crippen LogP) is 5.54. The summed E-state index contributed by atoms with van der Waals surface area (Å²) >= 11 is 1.57. The van der Waals surface area contributed by atoms with Crippen LogP contribution in [0.4, 0.5) is 5.13 Å². The Morgan fingerprint density at radius 2 is 2.09 bits per heavy atom. The van der Waals surface area contributed by atoms with Gasteiger partial charge in [0.1, 0.15) is 0 Å². The predicted molar refractivity (Wildman–Crippen MR) is 98.0 cm³/mol. The zero-order valence-corrected chi connectivity index (χ0v) is 14.9. The first kappa shape index (κ1) is 16.4. The molecule has 0 atom stereocenters. The Bertz CT molecular complexity index is 671. The van der Waals surface area contributed by atoms with Crippen molar-refractivity contribution >= 4 is 32.6 Å². The molecule has 3 rings (SSSR count). The molecule has 0 bridgehead atoms. The molecule has 0 spiro atoms. The van der Waals surface area contributed by atoms with Gasteiger partial charge in [0.25, 0.3) is 0 Å². The summed E-state index contributed by atoms with van der Waals surface area (Å²) in [6, 6.07) is 6.21. The molecule has 1 fully saturated rings. The van der Waals surface area contributed by atoms with E-state index >= 15 is 0 Å². The molecule has 0 saturated heterocycles. The Kier molecular flexibility index (Phi) is 5.31. The average molecular weight is 330 g/mol. The number of thiazole rings is 1. The third kappa shape index (κ3) is 4.11. The van der Waals surface area contributed by atoms with Crippen molar-refractivity contribution in [3.8, 4) is 0 Å². The summed E-state index contributed by atoms with van der Waals surface area (Å²) < 4.78 is 1.14. The first-order valence-corrected chi connectivity index (χ1v) is 9.65. The van der Waals surface area contributed by atoms with Crippen molar-refractivity contribution in [1.29, 1.82) is 0 Å². The van der Waals surface area contributed by atoms with E-state index in [0.717, 1.165) is 34.1 Å². The van der Waals surface area contributed by atoms with Gasteiger partial charge < -0.3 is 5.32 Å². The second-order valence-corrected chi connectivity index (χ2v) is 7.87. The summed E-state index contributed by atoms with van der Waals surface area (Å²) in [4.78, 5) is 17.0. The topological polar surface area (TPSA) is 42.0 Å². The Hall–Kier alpha value is -1.42. The quantitative estimate of drug-likeness (QED) is 0.782. The minimum atomic E-state index is 0.162. The highest BCUT2D eigenvalue weighted by Crippen LogP contribution is 2.33.